The maximum atomic E-state index is 13.5. The van der Waals surface area contributed by atoms with Gasteiger partial charge in [-0.25, -0.2) is 9.07 Å². The number of nitrogens with zero attached hydrogens (tertiary/aromatic N) is 2. The Bertz CT molecular complexity index is 667. The molecule has 19 heavy (non-hydrogen) atoms. The lowest BCUT2D eigenvalue weighted by Crippen LogP contribution is -2.25. The molecule has 0 aliphatic heterocycles. The SMILES string of the molecule is COc1ccc(C(=O)Cn2ncccc2=O)cc1F. The van der Waals surface area contributed by atoms with E-state index in [0.717, 1.165) is 10.7 Å². The smallest absolute Gasteiger partial charge is 0.267 e. The number of carbonyl (C=O) groups is 1. The van der Waals surface area contributed by atoms with Gasteiger partial charge in [-0.1, -0.05) is 0 Å². The van der Waals surface area contributed by atoms with Crippen molar-refractivity contribution in [1.82, 2.24) is 9.78 Å². The molecule has 1 aromatic carbocycles. The molecule has 0 aliphatic carbocycles. The molecule has 0 radical (unpaired) electrons. The van der Waals surface area contributed by atoms with Crippen LogP contribution in [0.25, 0.3) is 0 Å². The molecule has 98 valence electrons. The normalized spacial score (nSPS) is 10.2. The molecule has 0 aliphatic rings. The highest BCUT2D eigenvalue weighted by atomic mass is 19.1. The minimum atomic E-state index is -0.623. The molecule has 0 fully saturated rings. The summed E-state index contributed by atoms with van der Waals surface area (Å²) in [5.41, 5.74) is -0.222. The Morgan fingerprint density at radius 2 is 2.21 bits per heavy atom. The summed E-state index contributed by atoms with van der Waals surface area (Å²) in [6, 6.07) is 6.67. The van der Waals surface area contributed by atoms with Crippen molar-refractivity contribution in [3.8, 4) is 5.75 Å². The topological polar surface area (TPSA) is 61.2 Å². The number of carbonyl (C=O) groups excluding carboxylic acids is 1. The number of benzene rings is 1. The number of ketones is 1. The van der Waals surface area contributed by atoms with Crippen LogP contribution < -0.4 is 10.3 Å². The van der Waals surface area contributed by atoms with Gasteiger partial charge in [-0.3, -0.25) is 9.59 Å². The zero-order chi connectivity index (χ0) is 13.8. The highest BCUT2D eigenvalue weighted by Gasteiger charge is 2.11. The first-order chi connectivity index (χ1) is 9.11. The summed E-state index contributed by atoms with van der Waals surface area (Å²) in [7, 11) is 1.34. The Labute approximate surface area is 108 Å². The van der Waals surface area contributed by atoms with Crippen molar-refractivity contribution in [3.05, 3.63) is 58.3 Å². The first-order valence-electron chi connectivity index (χ1n) is 5.50. The summed E-state index contributed by atoms with van der Waals surface area (Å²) in [5.74, 6) is -0.962. The molecule has 0 atom stereocenters. The van der Waals surface area contributed by atoms with E-state index >= 15 is 0 Å². The van der Waals surface area contributed by atoms with E-state index in [4.69, 9.17) is 4.74 Å². The lowest BCUT2D eigenvalue weighted by molar-refractivity contribution is 0.0965. The third-order valence-electron chi connectivity index (χ3n) is 2.55. The Morgan fingerprint density at radius 3 is 2.84 bits per heavy atom. The number of ether oxygens (including phenoxy) is 1. The van der Waals surface area contributed by atoms with E-state index in [0.29, 0.717) is 0 Å². The molecular weight excluding hydrogens is 251 g/mol. The number of aromatic nitrogens is 2. The third kappa shape index (κ3) is 2.85. The number of rotatable bonds is 4. The zero-order valence-corrected chi connectivity index (χ0v) is 10.2. The van der Waals surface area contributed by atoms with E-state index in [1.165, 1.54) is 37.6 Å². The van der Waals surface area contributed by atoms with Gasteiger partial charge in [-0.2, -0.15) is 5.10 Å². The summed E-state index contributed by atoms with van der Waals surface area (Å²) in [6.45, 7) is -0.231. The summed E-state index contributed by atoms with van der Waals surface area (Å²) < 4.78 is 19.2. The van der Waals surface area contributed by atoms with Crippen LogP contribution in [0.15, 0.2) is 41.3 Å². The number of Topliss-reactive ketones (excluding diaryl/α,β-unsaturated/α-hetero) is 1. The molecule has 0 bridgehead atoms. The maximum Gasteiger partial charge on any atom is 0.267 e. The van der Waals surface area contributed by atoms with Crippen molar-refractivity contribution < 1.29 is 13.9 Å². The van der Waals surface area contributed by atoms with Gasteiger partial charge in [0.2, 0.25) is 0 Å². The summed E-state index contributed by atoms with van der Waals surface area (Å²) in [4.78, 5) is 23.3. The Morgan fingerprint density at radius 1 is 1.42 bits per heavy atom. The van der Waals surface area contributed by atoms with Crippen molar-refractivity contribution in [2.75, 3.05) is 7.11 Å². The Balaban J connectivity index is 2.23. The number of hydrogen-bond acceptors (Lipinski definition) is 4. The fourth-order valence-corrected chi connectivity index (χ4v) is 1.57. The molecular formula is C13H11FN2O3. The Hall–Kier alpha value is -2.50. The van der Waals surface area contributed by atoms with Gasteiger partial charge < -0.3 is 4.74 Å². The molecule has 0 spiro atoms. The van der Waals surface area contributed by atoms with Crippen LogP contribution in [-0.2, 0) is 6.54 Å². The summed E-state index contributed by atoms with van der Waals surface area (Å²) in [5, 5.41) is 3.76. The van der Waals surface area contributed by atoms with E-state index in [1.54, 1.807) is 0 Å². The molecule has 2 aromatic rings. The van der Waals surface area contributed by atoms with Crippen LogP contribution in [0, 0.1) is 5.82 Å². The van der Waals surface area contributed by atoms with E-state index in [2.05, 4.69) is 5.10 Å². The predicted molar refractivity (Wildman–Crippen MR) is 65.8 cm³/mol. The highest BCUT2D eigenvalue weighted by molar-refractivity contribution is 5.95. The van der Waals surface area contributed by atoms with Crippen molar-refractivity contribution >= 4 is 5.78 Å². The van der Waals surface area contributed by atoms with Crippen molar-refractivity contribution in [2.24, 2.45) is 0 Å². The molecule has 0 saturated carbocycles. The van der Waals surface area contributed by atoms with Crippen molar-refractivity contribution in [3.63, 3.8) is 0 Å². The van der Waals surface area contributed by atoms with Crippen LogP contribution in [0.5, 0.6) is 5.75 Å². The minimum absolute atomic E-state index is 0.0616. The average Bonchev–Trinajstić information content (AvgIpc) is 2.41. The van der Waals surface area contributed by atoms with Gasteiger partial charge in [0.05, 0.1) is 7.11 Å². The van der Waals surface area contributed by atoms with Crippen LogP contribution >= 0.6 is 0 Å². The van der Waals surface area contributed by atoms with Gasteiger partial charge >= 0.3 is 0 Å². The average molecular weight is 262 g/mol. The Kier molecular flexibility index (Phi) is 3.70. The van der Waals surface area contributed by atoms with Crippen molar-refractivity contribution in [1.29, 1.82) is 0 Å². The molecule has 2 rings (SSSR count). The largest absolute Gasteiger partial charge is 0.494 e. The second kappa shape index (κ2) is 5.43. The van der Waals surface area contributed by atoms with Crippen molar-refractivity contribution in [2.45, 2.75) is 6.54 Å². The lowest BCUT2D eigenvalue weighted by Gasteiger charge is -2.05. The maximum absolute atomic E-state index is 13.5. The summed E-state index contributed by atoms with van der Waals surface area (Å²) >= 11 is 0. The van der Waals surface area contributed by atoms with Gasteiger partial charge in [0.1, 0.15) is 6.54 Å². The first kappa shape index (κ1) is 12.9. The molecule has 0 saturated heterocycles. The minimum Gasteiger partial charge on any atom is -0.494 e. The molecule has 1 heterocycles. The fourth-order valence-electron chi connectivity index (χ4n) is 1.57. The quantitative estimate of drug-likeness (QED) is 0.778. The summed E-state index contributed by atoms with van der Waals surface area (Å²) in [6.07, 6.45) is 1.41. The number of hydrogen-bond donors (Lipinski definition) is 0. The van der Waals surface area contributed by atoms with Gasteiger partial charge in [-0.05, 0) is 24.3 Å². The standard InChI is InChI=1S/C13H11FN2O3/c1-19-12-5-4-9(7-10(12)14)11(17)8-16-13(18)3-2-6-15-16/h2-7H,8H2,1H3. The molecule has 5 nitrogen and oxygen atoms in total. The van der Waals surface area contributed by atoms with Gasteiger partial charge in [0.15, 0.2) is 17.3 Å². The second-order valence-electron chi connectivity index (χ2n) is 3.79. The predicted octanol–water partition coefficient (Wildman–Crippen LogP) is 1.27. The zero-order valence-electron chi connectivity index (χ0n) is 10.2. The molecule has 0 N–H and O–H groups in total. The first-order valence-corrected chi connectivity index (χ1v) is 5.50. The van der Waals surface area contributed by atoms with E-state index < -0.39 is 11.6 Å². The van der Waals surface area contributed by atoms with Crippen LogP contribution in [0.3, 0.4) is 0 Å². The van der Waals surface area contributed by atoms with Crippen LogP contribution in [0.2, 0.25) is 0 Å². The monoisotopic (exact) mass is 262 g/mol. The highest BCUT2D eigenvalue weighted by Crippen LogP contribution is 2.18. The van der Waals surface area contributed by atoms with E-state index in [1.807, 2.05) is 0 Å². The van der Waals surface area contributed by atoms with Crippen LogP contribution in [0.1, 0.15) is 10.4 Å². The third-order valence-corrected chi connectivity index (χ3v) is 2.55. The molecule has 1 aromatic heterocycles. The van der Waals surface area contributed by atoms with Crippen LogP contribution in [-0.4, -0.2) is 22.7 Å². The number of methoxy groups -OCH3 is 1. The van der Waals surface area contributed by atoms with Gasteiger partial charge in [-0.15, -0.1) is 0 Å². The van der Waals surface area contributed by atoms with E-state index in [9.17, 15) is 14.0 Å². The van der Waals surface area contributed by atoms with Crippen LogP contribution in [0.4, 0.5) is 4.39 Å². The lowest BCUT2D eigenvalue weighted by atomic mass is 10.1. The fraction of sp³-hybridized carbons (Fsp3) is 0.154. The van der Waals surface area contributed by atoms with Gasteiger partial charge in [0.25, 0.3) is 5.56 Å². The number of halogens is 1. The molecule has 6 heteroatoms. The van der Waals surface area contributed by atoms with E-state index in [-0.39, 0.29) is 23.4 Å². The molecule has 0 amide bonds. The molecule has 0 unspecified atom stereocenters. The van der Waals surface area contributed by atoms with Gasteiger partial charge in [0, 0.05) is 17.8 Å². The second-order valence-corrected chi connectivity index (χ2v) is 3.79.